The van der Waals surface area contributed by atoms with Gasteiger partial charge in [-0.15, -0.1) is 0 Å². The van der Waals surface area contributed by atoms with Gasteiger partial charge in [-0.2, -0.15) is 13.2 Å². The highest BCUT2D eigenvalue weighted by Gasteiger charge is 2.48. The fourth-order valence-electron chi connectivity index (χ4n) is 2.78. The molecule has 0 atom stereocenters. The zero-order valence-corrected chi connectivity index (χ0v) is 13.6. The van der Waals surface area contributed by atoms with Gasteiger partial charge in [0.2, 0.25) is 0 Å². The topological polar surface area (TPSA) is 46.2 Å². The maximum Gasteiger partial charge on any atom is 0.416 e. The van der Waals surface area contributed by atoms with E-state index in [0.29, 0.717) is 12.8 Å². The van der Waals surface area contributed by atoms with Gasteiger partial charge in [-0.3, -0.25) is 0 Å². The van der Waals surface area contributed by atoms with Crippen LogP contribution in [0, 0.1) is 5.92 Å². The van der Waals surface area contributed by atoms with E-state index in [-0.39, 0.29) is 16.9 Å². The van der Waals surface area contributed by atoms with Gasteiger partial charge in [-0.05, 0) is 57.9 Å². The number of nitrogens with one attached hydrogen (secondary N) is 1. The summed E-state index contributed by atoms with van der Waals surface area (Å²) < 4.78 is 62.8. The normalized spacial score (nSPS) is 23.2. The molecule has 0 amide bonds. The molecule has 0 unspecified atom stereocenters. The van der Waals surface area contributed by atoms with E-state index in [2.05, 4.69) is 5.32 Å². The lowest BCUT2D eigenvalue weighted by atomic mass is 9.73. The second kappa shape index (κ2) is 5.53. The highest BCUT2D eigenvalue weighted by atomic mass is 32.2. The Morgan fingerprint density at radius 3 is 2.27 bits per heavy atom. The standard InChI is InChI=1S/C15H20F3NO2S/c1-14(2,11-7-12(8-11)19-3)22(20,21)13-6-4-5-10(9-13)15(16,17)18/h4-6,9,11-12,19H,7-8H2,1-3H3. The zero-order valence-electron chi connectivity index (χ0n) is 12.7. The Morgan fingerprint density at radius 2 is 1.77 bits per heavy atom. The van der Waals surface area contributed by atoms with E-state index in [9.17, 15) is 21.6 Å². The average Bonchev–Trinajstić information content (AvgIpc) is 2.36. The monoisotopic (exact) mass is 335 g/mol. The van der Waals surface area contributed by atoms with Crippen molar-refractivity contribution in [1.29, 1.82) is 0 Å². The van der Waals surface area contributed by atoms with Crippen LogP contribution in [0.15, 0.2) is 29.2 Å². The second-order valence-corrected chi connectivity index (χ2v) is 8.82. The summed E-state index contributed by atoms with van der Waals surface area (Å²) in [6.45, 7) is 3.19. The van der Waals surface area contributed by atoms with Crippen molar-refractivity contribution in [2.75, 3.05) is 7.05 Å². The molecule has 7 heteroatoms. The number of rotatable bonds is 4. The molecule has 0 aromatic heterocycles. The van der Waals surface area contributed by atoms with E-state index in [4.69, 9.17) is 0 Å². The molecule has 1 fully saturated rings. The van der Waals surface area contributed by atoms with Crippen molar-refractivity contribution >= 4 is 9.84 Å². The minimum atomic E-state index is -4.55. The van der Waals surface area contributed by atoms with Crippen molar-refractivity contribution in [3.8, 4) is 0 Å². The number of benzene rings is 1. The predicted octanol–water partition coefficient (Wildman–Crippen LogP) is 3.26. The molecule has 3 nitrogen and oxygen atoms in total. The van der Waals surface area contributed by atoms with Gasteiger partial charge >= 0.3 is 6.18 Å². The fraction of sp³-hybridized carbons (Fsp3) is 0.600. The Hall–Kier alpha value is -1.08. The number of hydrogen-bond donors (Lipinski definition) is 1. The van der Waals surface area contributed by atoms with Crippen LogP contribution in [0.4, 0.5) is 13.2 Å². The van der Waals surface area contributed by atoms with Crippen molar-refractivity contribution in [2.24, 2.45) is 5.92 Å². The molecule has 0 aliphatic heterocycles. The van der Waals surface area contributed by atoms with Crippen molar-refractivity contribution in [3.63, 3.8) is 0 Å². The largest absolute Gasteiger partial charge is 0.416 e. The van der Waals surface area contributed by atoms with Crippen LogP contribution in [0.2, 0.25) is 0 Å². The Bertz CT molecular complexity index is 647. The molecule has 1 aliphatic rings. The number of hydrogen-bond acceptors (Lipinski definition) is 3. The molecule has 22 heavy (non-hydrogen) atoms. The Labute approximate surface area is 128 Å². The number of halogens is 3. The van der Waals surface area contributed by atoms with Gasteiger partial charge < -0.3 is 5.32 Å². The molecule has 0 spiro atoms. The van der Waals surface area contributed by atoms with Crippen LogP contribution in [0.5, 0.6) is 0 Å². The van der Waals surface area contributed by atoms with E-state index >= 15 is 0 Å². The summed E-state index contributed by atoms with van der Waals surface area (Å²) in [5, 5.41) is 3.08. The third-order valence-corrected chi connectivity index (χ3v) is 7.29. The van der Waals surface area contributed by atoms with Crippen LogP contribution in [-0.4, -0.2) is 26.3 Å². The van der Waals surface area contributed by atoms with E-state index in [0.717, 1.165) is 18.2 Å². The lowest BCUT2D eigenvalue weighted by Gasteiger charge is -2.44. The van der Waals surface area contributed by atoms with Gasteiger partial charge in [-0.25, -0.2) is 8.42 Å². The minimum absolute atomic E-state index is 0.0653. The lowest BCUT2D eigenvalue weighted by molar-refractivity contribution is -0.137. The summed E-state index contributed by atoms with van der Waals surface area (Å²) in [7, 11) is -2.03. The van der Waals surface area contributed by atoms with Crippen LogP contribution in [0.25, 0.3) is 0 Å². The molecule has 124 valence electrons. The third kappa shape index (κ3) is 2.88. The second-order valence-electron chi connectivity index (χ2n) is 6.29. The molecule has 2 rings (SSSR count). The van der Waals surface area contributed by atoms with Crippen molar-refractivity contribution < 1.29 is 21.6 Å². The van der Waals surface area contributed by atoms with Crippen molar-refractivity contribution in [3.05, 3.63) is 29.8 Å². The summed E-state index contributed by atoms with van der Waals surface area (Å²) >= 11 is 0. The molecule has 1 aromatic rings. The molecular formula is C15H20F3NO2S. The summed E-state index contributed by atoms with van der Waals surface area (Å²) in [5.41, 5.74) is -0.939. The van der Waals surface area contributed by atoms with E-state index in [1.165, 1.54) is 6.07 Å². The van der Waals surface area contributed by atoms with E-state index in [1.807, 2.05) is 7.05 Å². The number of alkyl halides is 3. The smallest absolute Gasteiger partial charge is 0.317 e. The van der Waals surface area contributed by atoms with Gasteiger partial charge in [0.25, 0.3) is 0 Å². The first-order valence-electron chi connectivity index (χ1n) is 7.09. The zero-order chi connectivity index (χ0) is 16.8. The summed E-state index contributed by atoms with van der Waals surface area (Å²) in [4.78, 5) is -0.264. The van der Waals surface area contributed by atoms with Crippen molar-refractivity contribution in [2.45, 2.75) is 48.5 Å². The quantitative estimate of drug-likeness (QED) is 0.919. The van der Waals surface area contributed by atoms with Crippen LogP contribution in [0.1, 0.15) is 32.3 Å². The Balaban J connectivity index is 2.34. The highest BCUT2D eigenvalue weighted by molar-refractivity contribution is 7.92. The van der Waals surface area contributed by atoms with Crippen LogP contribution < -0.4 is 5.32 Å². The SMILES string of the molecule is CNC1CC(C(C)(C)S(=O)(=O)c2cccc(C(F)(F)F)c2)C1. The third-order valence-electron chi connectivity index (χ3n) is 4.69. The molecule has 1 aromatic carbocycles. The molecule has 1 aliphatic carbocycles. The van der Waals surface area contributed by atoms with Gasteiger partial charge in [-0.1, -0.05) is 6.07 Å². The first kappa shape index (κ1) is 17.3. The van der Waals surface area contributed by atoms with Crippen molar-refractivity contribution in [1.82, 2.24) is 5.32 Å². The molecular weight excluding hydrogens is 315 g/mol. The number of sulfone groups is 1. The van der Waals surface area contributed by atoms with Gasteiger partial charge in [0.15, 0.2) is 9.84 Å². The van der Waals surface area contributed by atoms with Gasteiger partial charge in [0.1, 0.15) is 0 Å². The summed E-state index contributed by atoms with van der Waals surface area (Å²) in [5.74, 6) is -0.0653. The Morgan fingerprint density at radius 1 is 1.18 bits per heavy atom. The van der Waals surface area contributed by atoms with Gasteiger partial charge in [0.05, 0.1) is 15.2 Å². The molecule has 1 N–H and O–H groups in total. The predicted molar refractivity (Wildman–Crippen MR) is 78.3 cm³/mol. The first-order chi connectivity index (χ1) is 10.00. The summed E-state index contributed by atoms with van der Waals surface area (Å²) in [6, 6.07) is 4.27. The molecule has 0 heterocycles. The van der Waals surface area contributed by atoms with Gasteiger partial charge in [0, 0.05) is 6.04 Å². The van der Waals surface area contributed by atoms with E-state index in [1.54, 1.807) is 13.8 Å². The minimum Gasteiger partial charge on any atom is -0.317 e. The molecule has 0 saturated heterocycles. The van der Waals surface area contributed by atoms with E-state index < -0.39 is 26.3 Å². The molecule has 1 saturated carbocycles. The van der Waals surface area contributed by atoms with Crippen LogP contribution in [-0.2, 0) is 16.0 Å². The lowest BCUT2D eigenvalue weighted by Crippen LogP contribution is -2.51. The summed E-state index contributed by atoms with van der Waals surface area (Å²) in [6.07, 6.45) is -3.13. The first-order valence-corrected chi connectivity index (χ1v) is 8.57. The average molecular weight is 335 g/mol. The highest BCUT2D eigenvalue weighted by Crippen LogP contribution is 2.43. The maximum atomic E-state index is 12.8. The fourth-order valence-corrected chi connectivity index (χ4v) is 4.56. The van der Waals surface area contributed by atoms with Crippen LogP contribution >= 0.6 is 0 Å². The Kier molecular flexibility index (Phi) is 4.34. The van der Waals surface area contributed by atoms with Crippen LogP contribution in [0.3, 0.4) is 0 Å². The molecule has 0 radical (unpaired) electrons. The molecule has 0 bridgehead atoms. The maximum absolute atomic E-state index is 12.8.